The van der Waals surface area contributed by atoms with Crippen LogP contribution in [-0.4, -0.2) is 40.4 Å². The van der Waals surface area contributed by atoms with E-state index in [0.717, 1.165) is 5.39 Å². The topological polar surface area (TPSA) is 88.3 Å². The van der Waals surface area contributed by atoms with Gasteiger partial charge in [-0.2, -0.15) is 0 Å². The second kappa shape index (κ2) is 6.49. The van der Waals surface area contributed by atoms with Crippen LogP contribution in [0, 0.1) is 6.92 Å². The van der Waals surface area contributed by atoms with Crippen LogP contribution in [0.3, 0.4) is 0 Å². The summed E-state index contributed by atoms with van der Waals surface area (Å²) < 4.78 is 4.88. The molecular formula is C17H16N4O3. The largest absolute Gasteiger partial charge is 0.360 e. The van der Waals surface area contributed by atoms with Crippen LogP contribution in [0.5, 0.6) is 0 Å². The Morgan fingerprint density at radius 1 is 1.25 bits per heavy atom. The highest BCUT2D eigenvalue weighted by atomic mass is 16.5. The number of rotatable bonds is 4. The van der Waals surface area contributed by atoms with Crippen molar-refractivity contribution in [1.82, 2.24) is 15.0 Å². The van der Waals surface area contributed by atoms with E-state index in [2.05, 4.69) is 15.5 Å². The van der Waals surface area contributed by atoms with Crippen molar-refractivity contribution in [2.24, 2.45) is 0 Å². The summed E-state index contributed by atoms with van der Waals surface area (Å²) in [4.78, 5) is 30.3. The minimum absolute atomic E-state index is 0.103. The molecule has 1 aromatic carbocycles. The van der Waals surface area contributed by atoms with Gasteiger partial charge in [-0.15, -0.1) is 0 Å². The van der Waals surface area contributed by atoms with E-state index in [4.69, 9.17) is 4.52 Å². The molecule has 0 spiro atoms. The second-order valence-electron chi connectivity index (χ2n) is 5.41. The van der Waals surface area contributed by atoms with Crippen molar-refractivity contribution in [2.75, 3.05) is 18.9 Å². The number of para-hydroxylation sites is 1. The smallest absolute Gasteiger partial charge is 0.256 e. The van der Waals surface area contributed by atoms with Crippen LogP contribution >= 0.6 is 0 Å². The summed E-state index contributed by atoms with van der Waals surface area (Å²) in [5.41, 5.74) is 1.07. The van der Waals surface area contributed by atoms with E-state index in [1.165, 1.54) is 4.90 Å². The lowest BCUT2D eigenvalue weighted by atomic mass is 10.1. The van der Waals surface area contributed by atoms with Crippen molar-refractivity contribution >= 4 is 28.5 Å². The van der Waals surface area contributed by atoms with Crippen molar-refractivity contribution in [1.29, 1.82) is 0 Å². The predicted octanol–water partition coefficient (Wildman–Crippen LogP) is 2.24. The van der Waals surface area contributed by atoms with E-state index >= 15 is 0 Å². The Morgan fingerprint density at radius 3 is 2.79 bits per heavy atom. The number of likely N-dealkylation sites (N-methyl/N-ethyl adjacent to an activating group) is 1. The monoisotopic (exact) mass is 324 g/mol. The van der Waals surface area contributed by atoms with Crippen molar-refractivity contribution in [2.45, 2.75) is 6.92 Å². The fourth-order valence-corrected chi connectivity index (χ4v) is 2.38. The van der Waals surface area contributed by atoms with E-state index in [1.807, 2.05) is 18.2 Å². The number of hydrogen-bond acceptors (Lipinski definition) is 5. The summed E-state index contributed by atoms with van der Waals surface area (Å²) in [6, 6.07) is 10.7. The highest BCUT2D eigenvalue weighted by Gasteiger charge is 2.18. The lowest BCUT2D eigenvalue weighted by Gasteiger charge is -2.17. The number of aryl methyl sites for hydroxylation is 1. The normalized spacial score (nSPS) is 10.6. The number of carbonyl (C=O) groups is 2. The van der Waals surface area contributed by atoms with E-state index < -0.39 is 0 Å². The maximum Gasteiger partial charge on any atom is 0.256 e. The minimum atomic E-state index is -0.354. The van der Waals surface area contributed by atoms with Crippen LogP contribution in [0.2, 0.25) is 0 Å². The maximum atomic E-state index is 12.6. The molecule has 0 aliphatic rings. The Hall–Kier alpha value is -3.22. The fourth-order valence-electron chi connectivity index (χ4n) is 2.38. The number of carbonyl (C=O) groups excluding carboxylic acids is 2. The second-order valence-corrected chi connectivity index (χ2v) is 5.41. The molecule has 24 heavy (non-hydrogen) atoms. The van der Waals surface area contributed by atoms with Gasteiger partial charge in [0.15, 0.2) is 5.82 Å². The first kappa shape index (κ1) is 15.7. The number of anilines is 1. The summed E-state index contributed by atoms with van der Waals surface area (Å²) >= 11 is 0. The average molecular weight is 324 g/mol. The van der Waals surface area contributed by atoms with E-state index in [1.54, 1.807) is 38.4 Å². The predicted molar refractivity (Wildman–Crippen MR) is 88.6 cm³/mol. The van der Waals surface area contributed by atoms with E-state index in [-0.39, 0.29) is 18.4 Å². The lowest BCUT2D eigenvalue weighted by Crippen LogP contribution is -2.35. The Balaban J connectivity index is 1.73. The van der Waals surface area contributed by atoms with Gasteiger partial charge < -0.3 is 14.7 Å². The molecule has 2 amide bonds. The summed E-state index contributed by atoms with van der Waals surface area (Å²) in [6.45, 7) is 1.62. The Morgan fingerprint density at radius 2 is 2.04 bits per heavy atom. The van der Waals surface area contributed by atoms with Gasteiger partial charge in [0, 0.05) is 24.7 Å². The van der Waals surface area contributed by atoms with Gasteiger partial charge in [0.1, 0.15) is 5.76 Å². The number of aromatic nitrogens is 2. The maximum absolute atomic E-state index is 12.6. The third-order valence-corrected chi connectivity index (χ3v) is 3.49. The van der Waals surface area contributed by atoms with Crippen molar-refractivity contribution in [3.05, 3.63) is 53.9 Å². The molecule has 3 aromatic rings. The van der Waals surface area contributed by atoms with Gasteiger partial charge in [-0.05, 0) is 19.1 Å². The van der Waals surface area contributed by atoms with Gasteiger partial charge in [0.25, 0.3) is 5.91 Å². The van der Waals surface area contributed by atoms with Crippen molar-refractivity contribution in [3.8, 4) is 0 Å². The Bertz CT molecular complexity index is 898. The summed E-state index contributed by atoms with van der Waals surface area (Å²) in [5, 5.41) is 7.14. The number of pyridine rings is 1. The number of nitrogens with zero attached hydrogens (tertiary/aromatic N) is 3. The zero-order chi connectivity index (χ0) is 17.1. The molecule has 2 aromatic heterocycles. The lowest BCUT2D eigenvalue weighted by molar-refractivity contribution is -0.116. The van der Waals surface area contributed by atoms with Crippen LogP contribution < -0.4 is 5.32 Å². The molecule has 2 heterocycles. The quantitative estimate of drug-likeness (QED) is 0.795. The molecule has 7 nitrogen and oxygen atoms in total. The minimum Gasteiger partial charge on any atom is -0.360 e. The number of amides is 2. The standard InChI is InChI=1S/C17H16N4O3/c1-11-9-14(20-24-11)19-15(22)10-21(2)17(23)13-7-3-5-12-6-4-8-18-16(12)13/h3-9H,10H2,1-2H3,(H,19,20,22). The number of nitrogens with one attached hydrogen (secondary N) is 1. The molecule has 122 valence electrons. The zero-order valence-electron chi connectivity index (χ0n) is 13.3. The molecule has 0 bridgehead atoms. The molecule has 7 heteroatoms. The molecule has 0 aliphatic carbocycles. The summed E-state index contributed by atoms with van der Waals surface area (Å²) in [7, 11) is 1.57. The number of hydrogen-bond donors (Lipinski definition) is 1. The molecule has 0 fully saturated rings. The van der Waals surface area contributed by atoms with Gasteiger partial charge >= 0.3 is 0 Å². The highest BCUT2D eigenvalue weighted by Crippen LogP contribution is 2.17. The summed E-state index contributed by atoms with van der Waals surface area (Å²) in [5.74, 6) is 0.292. The molecule has 0 saturated heterocycles. The number of fused-ring (bicyclic) bond motifs is 1. The first-order valence-corrected chi connectivity index (χ1v) is 7.37. The molecule has 0 unspecified atom stereocenters. The van der Waals surface area contributed by atoms with Crippen LogP contribution in [0.1, 0.15) is 16.1 Å². The molecular weight excluding hydrogens is 308 g/mol. The van der Waals surface area contributed by atoms with Crippen LogP contribution in [-0.2, 0) is 4.79 Å². The van der Waals surface area contributed by atoms with Crippen molar-refractivity contribution in [3.63, 3.8) is 0 Å². The molecule has 0 aliphatic heterocycles. The molecule has 1 N–H and O–H groups in total. The first-order chi connectivity index (χ1) is 11.5. The molecule has 3 rings (SSSR count). The van der Waals surface area contributed by atoms with Gasteiger partial charge in [-0.25, -0.2) is 0 Å². The van der Waals surface area contributed by atoms with Gasteiger partial charge in [0.2, 0.25) is 5.91 Å². The first-order valence-electron chi connectivity index (χ1n) is 7.37. The summed E-state index contributed by atoms with van der Waals surface area (Å²) in [6.07, 6.45) is 1.64. The SMILES string of the molecule is Cc1cc(NC(=O)CN(C)C(=O)c2cccc3cccnc23)no1. The highest BCUT2D eigenvalue weighted by molar-refractivity contribution is 6.06. The van der Waals surface area contributed by atoms with E-state index in [9.17, 15) is 9.59 Å². The third-order valence-electron chi connectivity index (χ3n) is 3.49. The Kier molecular flexibility index (Phi) is 4.24. The van der Waals surface area contributed by atoms with Crippen molar-refractivity contribution < 1.29 is 14.1 Å². The number of benzene rings is 1. The third kappa shape index (κ3) is 3.24. The molecule has 0 radical (unpaired) electrons. The van der Waals surface area contributed by atoms with E-state index in [0.29, 0.717) is 22.7 Å². The Labute approximate surface area is 138 Å². The van der Waals surface area contributed by atoms with Gasteiger partial charge in [-0.1, -0.05) is 23.4 Å². The fraction of sp³-hybridized carbons (Fsp3) is 0.176. The molecule has 0 atom stereocenters. The van der Waals surface area contributed by atoms with Gasteiger partial charge in [-0.3, -0.25) is 14.6 Å². The average Bonchev–Trinajstić information content (AvgIpc) is 2.98. The molecule has 0 saturated carbocycles. The van der Waals surface area contributed by atoms with Crippen LogP contribution in [0.4, 0.5) is 5.82 Å². The van der Waals surface area contributed by atoms with Crippen LogP contribution in [0.25, 0.3) is 10.9 Å². The van der Waals surface area contributed by atoms with Crippen LogP contribution in [0.15, 0.2) is 47.1 Å². The zero-order valence-corrected chi connectivity index (χ0v) is 13.3. The van der Waals surface area contributed by atoms with Gasteiger partial charge in [0.05, 0.1) is 17.6 Å².